The highest BCUT2D eigenvalue weighted by Gasteiger charge is 2.58. The Balaban J connectivity index is 1.20. The van der Waals surface area contributed by atoms with Gasteiger partial charge in [0.25, 0.3) is 0 Å². The highest BCUT2D eigenvalue weighted by atomic mass is 32.2. The van der Waals surface area contributed by atoms with E-state index in [1.165, 1.54) is 82.7 Å². The van der Waals surface area contributed by atoms with Crippen LogP contribution in [0.5, 0.6) is 0 Å². The minimum absolute atomic E-state index is 0.186. The molecule has 0 atom stereocenters. The Labute approximate surface area is 195 Å². The zero-order valence-corrected chi connectivity index (χ0v) is 19.8. The smallest absolute Gasteiger partial charge is 0.0922 e. The molecule has 10 rings (SSSR count). The predicted molar refractivity (Wildman–Crippen MR) is 124 cm³/mol. The molecular formula is C27H35N4S+. The highest BCUT2D eigenvalue weighted by Crippen LogP contribution is 2.62. The van der Waals surface area contributed by atoms with Gasteiger partial charge in [0.05, 0.1) is 10.3 Å². The van der Waals surface area contributed by atoms with E-state index in [4.69, 9.17) is 10.3 Å². The molecule has 1 heterocycles. The van der Waals surface area contributed by atoms with E-state index in [9.17, 15) is 0 Å². The maximum absolute atomic E-state index is 5.38. The second-order valence-electron chi connectivity index (χ2n) is 12.8. The molecule has 8 aliphatic carbocycles. The molecule has 8 fully saturated rings. The molecule has 8 aliphatic rings. The van der Waals surface area contributed by atoms with E-state index in [2.05, 4.69) is 51.6 Å². The molecule has 32 heavy (non-hydrogen) atoms. The lowest BCUT2D eigenvalue weighted by Crippen LogP contribution is -2.53. The largest absolute Gasteiger partial charge is 0.363 e. The summed E-state index contributed by atoms with van der Waals surface area (Å²) < 4.78 is 2.62. The zero-order chi connectivity index (χ0) is 20.9. The van der Waals surface area contributed by atoms with Crippen LogP contribution in [0.1, 0.15) is 77.0 Å². The number of nitrogens with zero attached hydrogens (tertiary/aromatic N) is 4. The third-order valence-electron chi connectivity index (χ3n) is 10.3. The molecule has 0 spiro atoms. The number of hydrogen-bond acceptors (Lipinski definition) is 3. The van der Waals surface area contributed by atoms with Crippen LogP contribution in [0.2, 0.25) is 0 Å². The van der Waals surface area contributed by atoms with Gasteiger partial charge in [-0.1, -0.05) is 22.9 Å². The number of benzene rings is 1. The van der Waals surface area contributed by atoms with Gasteiger partial charge in [-0.25, -0.2) is 0 Å². The van der Waals surface area contributed by atoms with Gasteiger partial charge >= 0.3 is 5.16 Å². The van der Waals surface area contributed by atoms with E-state index < -0.39 is 0 Å². The quantitative estimate of drug-likeness (QED) is 0.577. The van der Waals surface area contributed by atoms with Crippen molar-refractivity contribution in [3.05, 3.63) is 30.3 Å². The monoisotopic (exact) mass is 447 g/mol. The lowest BCUT2D eigenvalue weighted by molar-refractivity contribution is -0.699. The number of tetrazole rings is 1. The van der Waals surface area contributed by atoms with Gasteiger partial charge in [0, 0.05) is 4.75 Å². The Morgan fingerprint density at radius 1 is 0.719 bits per heavy atom. The van der Waals surface area contributed by atoms with Crippen molar-refractivity contribution in [3.63, 3.8) is 0 Å². The van der Waals surface area contributed by atoms with E-state index in [-0.39, 0.29) is 5.54 Å². The van der Waals surface area contributed by atoms with Crippen molar-refractivity contribution in [1.29, 1.82) is 0 Å². The Kier molecular flexibility index (Phi) is 3.93. The first-order valence-corrected chi connectivity index (χ1v) is 14.1. The van der Waals surface area contributed by atoms with Gasteiger partial charge < -0.3 is 0 Å². The summed E-state index contributed by atoms with van der Waals surface area (Å²) >= 11 is 2.12. The van der Waals surface area contributed by atoms with Gasteiger partial charge in [-0.3, -0.25) is 0 Å². The summed E-state index contributed by atoms with van der Waals surface area (Å²) in [6, 6.07) is 10.8. The third-order valence-corrected chi connectivity index (χ3v) is 11.6. The molecule has 0 unspecified atom stereocenters. The Bertz CT molecular complexity index is 973. The fourth-order valence-corrected chi connectivity index (χ4v) is 11.6. The molecule has 1 aromatic carbocycles. The van der Waals surface area contributed by atoms with E-state index in [1.54, 1.807) is 0 Å². The van der Waals surface area contributed by atoms with Crippen LogP contribution in [0.3, 0.4) is 0 Å². The second-order valence-corrected chi connectivity index (χ2v) is 14.2. The third kappa shape index (κ3) is 2.85. The lowest BCUT2D eigenvalue weighted by Gasteiger charge is -2.55. The summed E-state index contributed by atoms with van der Waals surface area (Å²) in [5, 5.41) is 11.8. The molecule has 2 aromatic rings. The van der Waals surface area contributed by atoms with Gasteiger partial charge in [-0.2, -0.15) is 0 Å². The minimum Gasteiger partial charge on any atom is -0.0922 e. The topological polar surface area (TPSA) is 34.6 Å². The van der Waals surface area contributed by atoms with Crippen LogP contribution in [0.25, 0.3) is 5.69 Å². The minimum atomic E-state index is 0.186. The summed E-state index contributed by atoms with van der Waals surface area (Å²) in [4.78, 5) is 2.24. The fourth-order valence-electron chi connectivity index (χ4n) is 9.92. The van der Waals surface area contributed by atoms with Gasteiger partial charge in [0.15, 0.2) is 0 Å². The normalized spacial score (nSPS) is 45.6. The standard InChI is InChI=1S/C27H35N4S/c1-2-4-24(5-3-1)30-25(32-27-15-21-9-22(16-27)11-23(10-21)17-27)28-31(29-30)26-12-18-6-19(13-26)8-20(7-18)14-26/h1-5,18-23H,6-17H2/q+1. The van der Waals surface area contributed by atoms with Crippen LogP contribution in [-0.4, -0.2) is 19.9 Å². The number of para-hydroxylation sites is 1. The van der Waals surface area contributed by atoms with Crippen LogP contribution < -0.4 is 4.68 Å². The highest BCUT2D eigenvalue weighted by molar-refractivity contribution is 8.00. The van der Waals surface area contributed by atoms with Crippen LogP contribution >= 0.6 is 11.8 Å². The molecule has 1 aromatic heterocycles. The maximum Gasteiger partial charge on any atom is 0.363 e. The van der Waals surface area contributed by atoms with Crippen molar-refractivity contribution < 1.29 is 4.68 Å². The first kappa shape index (κ1) is 19.0. The van der Waals surface area contributed by atoms with E-state index >= 15 is 0 Å². The molecule has 0 N–H and O–H groups in total. The van der Waals surface area contributed by atoms with Gasteiger partial charge in [-0.15, -0.1) is 0 Å². The molecule has 0 saturated heterocycles. The Morgan fingerprint density at radius 3 is 1.75 bits per heavy atom. The molecule has 168 valence electrons. The molecule has 0 amide bonds. The van der Waals surface area contributed by atoms with Crippen molar-refractivity contribution in [1.82, 2.24) is 15.1 Å². The van der Waals surface area contributed by atoms with Crippen molar-refractivity contribution >= 4 is 11.8 Å². The van der Waals surface area contributed by atoms with E-state index in [0.29, 0.717) is 4.75 Å². The van der Waals surface area contributed by atoms with Crippen molar-refractivity contribution in [2.24, 2.45) is 35.5 Å². The van der Waals surface area contributed by atoms with E-state index in [0.717, 1.165) is 40.7 Å². The summed E-state index contributed by atoms with van der Waals surface area (Å²) in [6.07, 6.45) is 17.0. The van der Waals surface area contributed by atoms with Crippen molar-refractivity contribution in [3.8, 4) is 5.69 Å². The maximum atomic E-state index is 5.38. The molecule has 0 aliphatic heterocycles. The first-order chi connectivity index (χ1) is 15.6. The molecule has 8 bridgehead atoms. The van der Waals surface area contributed by atoms with Crippen molar-refractivity contribution in [2.75, 3.05) is 0 Å². The number of hydrogen-bond donors (Lipinski definition) is 0. The summed E-state index contributed by atoms with van der Waals surface area (Å²) in [5.74, 6) is 5.65. The average molecular weight is 448 g/mol. The fraction of sp³-hybridized carbons (Fsp3) is 0.741. The number of rotatable bonds is 4. The van der Waals surface area contributed by atoms with Gasteiger partial charge in [0.2, 0.25) is 0 Å². The molecule has 8 saturated carbocycles. The second kappa shape index (κ2) is 6.61. The van der Waals surface area contributed by atoms with Crippen molar-refractivity contribution in [2.45, 2.75) is 92.5 Å². The molecular weight excluding hydrogens is 412 g/mol. The number of aromatic nitrogens is 4. The Hall–Kier alpha value is -1.36. The summed E-state index contributed by atoms with van der Waals surface area (Å²) in [6.45, 7) is 0. The number of thioether (sulfide) groups is 1. The van der Waals surface area contributed by atoms with Gasteiger partial charge in [-0.05, 0) is 141 Å². The van der Waals surface area contributed by atoms with E-state index in [1.807, 2.05) is 0 Å². The van der Waals surface area contributed by atoms with Crippen LogP contribution in [-0.2, 0) is 5.54 Å². The SMILES string of the molecule is c1ccc(-[n+]2nn(C34CC5CC(CC(C5)C3)C4)nc2SC23CC4CC(CC(C4)C2)C3)cc1. The van der Waals surface area contributed by atoms with Crippen LogP contribution in [0.15, 0.2) is 35.5 Å². The van der Waals surface area contributed by atoms with Crippen LogP contribution in [0, 0.1) is 35.5 Å². The summed E-state index contributed by atoms with van der Waals surface area (Å²) in [7, 11) is 0. The summed E-state index contributed by atoms with van der Waals surface area (Å²) in [5.41, 5.74) is 1.36. The zero-order valence-electron chi connectivity index (χ0n) is 19.0. The predicted octanol–water partition coefficient (Wildman–Crippen LogP) is 5.54. The lowest BCUT2D eigenvalue weighted by atomic mass is 9.53. The molecule has 4 nitrogen and oxygen atoms in total. The molecule has 5 heteroatoms. The Morgan fingerprint density at radius 2 is 1.22 bits per heavy atom. The first-order valence-electron chi connectivity index (χ1n) is 13.3. The average Bonchev–Trinajstić information content (AvgIpc) is 3.16. The molecule has 0 radical (unpaired) electrons. The van der Waals surface area contributed by atoms with Crippen LogP contribution in [0.4, 0.5) is 0 Å². The van der Waals surface area contributed by atoms with Gasteiger partial charge in [0.1, 0.15) is 11.2 Å².